The molecule has 10 rings (SSSR count). The Kier molecular flexibility index (Phi) is 5.59. The van der Waals surface area contributed by atoms with Crippen molar-refractivity contribution in [3.05, 3.63) is 145 Å². The van der Waals surface area contributed by atoms with Crippen LogP contribution in [0.1, 0.15) is 0 Å². The Morgan fingerprint density at radius 1 is 0.333 bits per heavy atom. The predicted octanol–water partition coefficient (Wildman–Crippen LogP) is 13.8. The summed E-state index contributed by atoms with van der Waals surface area (Å²) in [7, 11) is 0. The molecule has 3 aromatic heterocycles. The molecule has 10 aromatic rings. The Morgan fingerprint density at radius 3 is 1.93 bits per heavy atom. The highest BCUT2D eigenvalue weighted by atomic mass is 32.1. The number of thiophene rings is 3. The fourth-order valence-electron chi connectivity index (χ4n) is 7.05. The van der Waals surface area contributed by atoms with Gasteiger partial charge in [-0.05, 0) is 108 Å². The zero-order valence-corrected chi connectivity index (χ0v) is 26.5. The molecule has 0 saturated carbocycles. The van der Waals surface area contributed by atoms with Gasteiger partial charge in [-0.3, -0.25) is 0 Å². The van der Waals surface area contributed by atoms with E-state index in [1.165, 1.54) is 94.6 Å². The summed E-state index contributed by atoms with van der Waals surface area (Å²) < 4.78 is 5.36. The van der Waals surface area contributed by atoms with Crippen LogP contribution in [0.3, 0.4) is 0 Å². The van der Waals surface area contributed by atoms with Gasteiger partial charge in [-0.1, -0.05) is 91.0 Å². The molecule has 0 saturated heterocycles. The van der Waals surface area contributed by atoms with Gasteiger partial charge < -0.3 is 0 Å². The van der Waals surface area contributed by atoms with Crippen LogP contribution in [0.5, 0.6) is 0 Å². The Morgan fingerprint density at radius 2 is 1.07 bits per heavy atom. The van der Waals surface area contributed by atoms with E-state index in [0.29, 0.717) is 0 Å². The lowest BCUT2D eigenvalue weighted by Crippen LogP contribution is -1.91. The van der Waals surface area contributed by atoms with E-state index >= 15 is 0 Å². The summed E-state index contributed by atoms with van der Waals surface area (Å²) in [5, 5.41) is 12.7. The average molecular weight is 625 g/mol. The van der Waals surface area contributed by atoms with Crippen molar-refractivity contribution < 1.29 is 0 Å². The normalized spacial score (nSPS) is 12.0. The van der Waals surface area contributed by atoms with Crippen LogP contribution in [0.25, 0.3) is 94.6 Å². The third kappa shape index (κ3) is 3.95. The number of hydrogen-bond donors (Lipinski definition) is 0. The highest BCUT2D eigenvalue weighted by molar-refractivity contribution is 7.26. The van der Waals surface area contributed by atoms with E-state index in [2.05, 4.69) is 145 Å². The van der Waals surface area contributed by atoms with Crippen molar-refractivity contribution >= 4 is 95.9 Å². The summed E-state index contributed by atoms with van der Waals surface area (Å²) in [6.45, 7) is 0. The molecular formula is C42H24S3. The molecule has 3 heteroatoms. The molecule has 210 valence electrons. The molecule has 0 aliphatic rings. The van der Waals surface area contributed by atoms with E-state index in [0.717, 1.165) is 0 Å². The Hall–Kier alpha value is -4.80. The summed E-state index contributed by atoms with van der Waals surface area (Å²) in [4.78, 5) is 1.32. The van der Waals surface area contributed by atoms with Gasteiger partial charge in [0.05, 0.1) is 0 Å². The molecular weight excluding hydrogens is 601 g/mol. The summed E-state index contributed by atoms with van der Waals surface area (Å²) in [5.41, 5.74) is 6.37. The lowest BCUT2D eigenvalue weighted by molar-refractivity contribution is 1.64. The van der Waals surface area contributed by atoms with Crippen LogP contribution >= 0.6 is 34.0 Å². The van der Waals surface area contributed by atoms with Crippen LogP contribution < -0.4 is 0 Å². The summed E-state index contributed by atoms with van der Waals surface area (Å²) in [5.74, 6) is 0. The van der Waals surface area contributed by atoms with E-state index < -0.39 is 0 Å². The number of benzene rings is 7. The number of rotatable bonds is 3. The zero-order chi connectivity index (χ0) is 29.5. The van der Waals surface area contributed by atoms with Crippen LogP contribution in [0, 0.1) is 0 Å². The van der Waals surface area contributed by atoms with E-state index in [1.807, 2.05) is 34.0 Å². The largest absolute Gasteiger partial charge is 0.144 e. The highest BCUT2D eigenvalue weighted by Gasteiger charge is 2.21. The SMILES string of the molecule is c1ccc(-c2ccc3c(-c4cc5cc6sccc6cc5s4)c4cc5c(cc4c(-c4ccccc4)c3c2)sc2ccccc25)cc1. The minimum Gasteiger partial charge on any atom is -0.144 e. The van der Waals surface area contributed by atoms with Crippen LogP contribution in [-0.2, 0) is 0 Å². The fourth-order valence-corrected chi connectivity index (χ4v) is 10.2. The first kappa shape index (κ1) is 25.5. The summed E-state index contributed by atoms with van der Waals surface area (Å²) >= 11 is 5.64. The third-order valence-electron chi connectivity index (χ3n) is 9.12. The van der Waals surface area contributed by atoms with Crippen LogP contribution in [0.4, 0.5) is 0 Å². The number of fused-ring (bicyclic) bond motifs is 7. The van der Waals surface area contributed by atoms with E-state index in [9.17, 15) is 0 Å². The Balaban J connectivity index is 1.40. The van der Waals surface area contributed by atoms with Crippen LogP contribution in [0.2, 0.25) is 0 Å². The Bertz CT molecular complexity index is 2690. The standard InChI is InChI=1S/C42H24S3/c1-3-9-25(10-4-1)27-15-16-31-33(19-27)41(26-11-5-2-6-12-26)35-24-39-32(30-13-7-8-14-36(30)44-39)23-34(35)42(31)40-22-29-21-37-28(17-18-43-37)20-38(29)45-40/h1-24H. The van der Waals surface area contributed by atoms with E-state index in [4.69, 9.17) is 0 Å². The molecule has 0 aliphatic heterocycles. The average Bonchev–Trinajstić information content (AvgIpc) is 3.81. The van der Waals surface area contributed by atoms with Gasteiger partial charge in [0.1, 0.15) is 0 Å². The van der Waals surface area contributed by atoms with Crippen molar-refractivity contribution in [2.45, 2.75) is 0 Å². The molecule has 0 unspecified atom stereocenters. The maximum atomic E-state index is 2.48. The molecule has 0 aliphatic carbocycles. The molecule has 0 spiro atoms. The van der Waals surface area contributed by atoms with Crippen LogP contribution in [-0.4, -0.2) is 0 Å². The predicted molar refractivity (Wildman–Crippen MR) is 201 cm³/mol. The van der Waals surface area contributed by atoms with Gasteiger partial charge in [-0.15, -0.1) is 34.0 Å². The van der Waals surface area contributed by atoms with E-state index in [1.54, 1.807) is 0 Å². The second-order valence-electron chi connectivity index (χ2n) is 11.7. The molecule has 0 amide bonds. The van der Waals surface area contributed by atoms with Crippen molar-refractivity contribution in [3.63, 3.8) is 0 Å². The molecule has 0 atom stereocenters. The number of hydrogen-bond acceptors (Lipinski definition) is 3. The van der Waals surface area contributed by atoms with Crippen molar-refractivity contribution in [2.75, 3.05) is 0 Å². The quantitative estimate of drug-likeness (QED) is 0.172. The fraction of sp³-hybridized carbons (Fsp3) is 0. The van der Waals surface area contributed by atoms with E-state index in [-0.39, 0.29) is 0 Å². The zero-order valence-electron chi connectivity index (χ0n) is 24.1. The Labute approximate surface area is 272 Å². The van der Waals surface area contributed by atoms with Crippen LogP contribution in [0.15, 0.2) is 145 Å². The molecule has 0 bridgehead atoms. The molecule has 0 radical (unpaired) electrons. The lowest BCUT2D eigenvalue weighted by atomic mass is 9.86. The first-order valence-corrected chi connectivity index (χ1v) is 17.7. The van der Waals surface area contributed by atoms with Gasteiger partial charge >= 0.3 is 0 Å². The first-order valence-electron chi connectivity index (χ1n) is 15.2. The minimum absolute atomic E-state index is 1.24. The summed E-state index contributed by atoms with van der Waals surface area (Å²) in [6.07, 6.45) is 0. The van der Waals surface area contributed by atoms with Crippen molar-refractivity contribution in [1.82, 2.24) is 0 Å². The van der Waals surface area contributed by atoms with Gasteiger partial charge in [0.15, 0.2) is 0 Å². The molecule has 0 nitrogen and oxygen atoms in total. The summed E-state index contributed by atoms with van der Waals surface area (Å²) in [6, 6.07) is 52.1. The molecule has 0 N–H and O–H groups in total. The molecule has 3 heterocycles. The van der Waals surface area contributed by atoms with Gasteiger partial charge in [-0.25, -0.2) is 0 Å². The minimum atomic E-state index is 1.24. The first-order chi connectivity index (χ1) is 22.3. The maximum absolute atomic E-state index is 2.48. The second-order valence-corrected chi connectivity index (χ2v) is 14.8. The van der Waals surface area contributed by atoms with Crippen molar-refractivity contribution in [2.24, 2.45) is 0 Å². The van der Waals surface area contributed by atoms with Gasteiger partial charge in [0.2, 0.25) is 0 Å². The lowest BCUT2D eigenvalue weighted by Gasteiger charge is -2.18. The molecule has 0 fully saturated rings. The van der Waals surface area contributed by atoms with Gasteiger partial charge in [-0.2, -0.15) is 0 Å². The monoisotopic (exact) mass is 624 g/mol. The van der Waals surface area contributed by atoms with Crippen molar-refractivity contribution in [3.8, 4) is 32.7 Å². The third-order valence-corrected chi connectivity index (χ3v) is 12.2. The second kappa shape index (κ2) is 9.85. The van der Waals surface area contributed by atoms with Crippen molar-refractivity contribution in [1.29, 1.82) is 0 Å². The maximum Gasteiger partial charge on any atom is 0.0367 e. The van der Waals surface area contributed by atoms with Gasteiger partial charge in [0, 0.05) is 40.0 Å². The highest BCUT2D eigenvalue weighted by Crippen LogP contribution is 2.50. The molecule has 7 aromatic carbocycles. The molecule has 45 heavy (non-hydrogen) atoms. The van der Waals surface area contributed by atoms with Gasteiger partial charge in [0.25, 0.3) is 0 Å². The topological polar surface area (TPSA) is 0 Å². The smallest absolute Gasteiger partial charge is 0.0367 e.